The van der Waals surface area contributed by atoms with Crippen LogP contribution in [0.4, 0.5) is 0 Å². The van der Waals surface area contributed by atoms with Crippen molar-refractivity contribution in [3.05, 3.63) is 34.4 Å². The summed E-state index contributed by atoms with van der Waals surface area (Å²) in [6.07, 6.45) is 0.822. The van der Waals surface area contributed by atoms with Crippen molar-refractivity contribution in [2.45, 2.75) is 75.3 Å². The predicted octanol–water partition coefficient (Wildman–Crippen LogP) is 5.75. The minimum Gasteiger partial charge on any atom is -0.460 e. The minimum absolute atomic E-state index is 0.0849. The van der Waals surface area contributed by atoms with Gasteiger partial charge in [-0.3, -0.25) is 4.79 Å². The quantitative estimate of drug-likeness (QED) is 0.646. The molecule has 0 N–H and O–H groups in total. The summed E-state index contributed by atoms with van der Waals surface area (Å²) in [6, 6.07) is 4.23. The van der Waals surface area contributed by atoms with E-state index < -0.39 is 5.41 Å². The summed E-state index contributed by atoms with van der Waals surface area (Å²) in [4.78, 5) is 12.8. The molecule has 1 rings (SSSR count). The molecule has 0 saturated carbocycles. The maximum atomic E-state index is 12.8. The molecule has 1 aromatic carbocycles. The third-order valence-corrected chi connectivity index (χ3v) is 4.99. The maximum Gasteiger partial charge on any atom is 0.312 e. The molecule has 0 heterocycles. The number of rotatable bonds is 5. The van der Waals surface area contributed by atoms with E-state index in [1.807, 2.05) is 6.92 Å². The Morgan fingerprint density at radius 3 is 1.91 bits per heavy atom. The van der Waals surface area contributed by atoms with E-state index >= 15 is 0 Å². The van der Waals surface area contributed by atoms with Gasteiger partial charge in [0.25, 0.3) is 0 Å². The van der Waals surface area contributed by atoms with E-state index in [4.69, 9.17) is 4.74 Å². The van der Waals surface area contributed by atoms with Crippen LogP contribution >= 0.6 is 0 Å². The molecule has 0 aliphatic carbocycles. The van der Waals surface area contributed by atoms with E-state index in [0.717, 1.165) is 12.0 Å². The van der Waals surface area contributed by atoms with Gasteiger partial charge in [-0.1, -0.05) is 46.8 Å². The number of benzene rings is 1. The highest BCUT2D eigenvalue weighted by Crippen LogP contribution is 2.40. The van der Waals surface area contributed by atoms with Crippen LogP contribution in [0.25, 0.3) is 0 Å². The smallest absolute Gasteiger partial charge is 0.312 e. The highest BCUT2D eigenvalue weighted by molar-refractivity contribution is 5.76. The zero-order valence-corrected chi connectivity index (χ0v) is 16.5. The normalized spacial score (nSPS) is 14.7. The highest BCUT2D eigenvalue weighted by Gasteiger charge is 2.41. The third kappa shape index (κ3) is 5.09. The van der Waals surface area contributed by atoms with Gasteiger partial charge in [0.05, 0.1) is 5.41 Å². The van der Waals surface area contributed by atoms with Gasteiger partial charge in [0.15, 0.2) is 0 Å². The number of ether oxygens (including phenoxy) is 1. The largest absolute Gasteiger partial charge is 0.460 e. The van der Waals surface area contributed by atoms with E-state index in [1.165, 1.54) is 16.7 Å². The van der Waals surface area contributed by atoms with Crippen molar-refractivity contribution in [3.8, 4) is 0 Å². The van der Waals surface area contributed by atoms with E-state index in [1.54, 1.807) is 0 Å². The summed E-state index contributed by atoms with van der Waals surface area (Å²) in [6.45, 7) is 19.5. The van der Waals surface area contributed by atoms with Crippen LogP contribution in [0.2, 0.25) is 0 Å². The average molecular weight is 319 g/mol. The molecule has 0 amide bonds. The summed E-state index contributed by atoms with van der Waals surface area (Å²) in [5, 5.41) is 0. The van der Waals surface area contributed by atoms with Crippen LogP contribution in [-0.2, 0) is 16.1 Å². The van der Waals surface area contributed by atoms with Gasteiger partial charge in [-0.15, -0.1) is 0 Å². The summed E-state index contributed by atoms with van der Waals surface area (Å²) in [5.74, 6) is 0.161. The predicted molar refractivity (Wildman–Crippen MR) is 97.5 cm³/mol. The van der Waals surface area contributed by atoms with Crippen LogP contribution in [0, 0.1) is 37.5 Å². The molecule has 0 fully saturated rings. The number of carbonyl (C=O) groups excluding carboxylic acids is 1. The Kier molecular flexibility index (Phi) is 6.06. The van der Waals surface area contributed by atoms with Crippen molar-refractivity contribution in [1.29, 1.82) is 0 Å². The van der Waals surface area contributed by atoms with Crippen molar-refractivity contribution in [3.63, 3.8) is 0 Å². The first kappa shape index (κ1) is 19.7. The fraction of sp³-hybridized carbons (Fsp3) is 0.667. The van der Waals surface area contributed by atoms with Gasteiger partial charge in [-0.25, -0.2) is 0 Å². The molecule has 1 atom stereocenters. The van der Waals surface area contributed by atoms with Crippen LogP contribution in [0.15, 0.2) is 12.1 Å². The van der Waals surface area contributed by atoms with E-state index in [9.17, 15) is 4.79 Å². The van der Waals surface area contributed by atoms with Gasteiger partial charge in [0.2, 0.25) is 0 Å². The minimum atomic E-state index is -0.451. The van der Waals surface area contributed by atoms with Crippen molar-refractivity contribution in [2.24, 2.45) is 16.7 Å². The SMILES string of the molecule is Cc1cc(COC(=O)C(C)(CC(C)(C)C)C(C)C)cc(C)c1C. The zero-order valence-electron chi connectivity index (χ0n) is 16.5. The second-order valence-electron chi connectivity index (χ2n) is 8.74. The molecule has 0 radical (unpaired) electrons. The van der Waals surface area contributed by atoms with E-state index in [0.29, 0.717) is 6.61 Å². The molecule has 23 heavy (non-hydrogen) atoms. The number of hydrogen-bond acceptors (Lipinski definition) is 2. The lowest BCUT2D eigenvalue weighted by molar-refractivity contribution is -0.161. The average Bonchev–Trinajstić information content (AvgIpc) is 2.39. The molecule has 0 aliphatic heterocycles. The Bertz CT molecular complexity index is 541. The Morgan fingerprint density at radius 2 is 1.52 bits per heavy atom. The van der Waals surface area contributed by atoms with Gasteiger partial charge >= 0.3 is 5.97 Å². The van der Waals surface area contributed by atoms with Crippen molar-refractivity contribution in [1.82, 2.24) is 0 Å². The summed E-state index contributed by atoms with van der Waals surface area (Å²) < 4.78 is 5.71. The van der Waals surface area contributed by atoms with Crippen LogP contribution in [0.1, 0.15) is 70.2 Å². The molecule has 130 valence electrons. The van der Waals surface area contributed by atoms with Crippen molar-refractivity contribution < 1.29 is 9.53 Å². The number of aryl methyl sites for hydroxylation is 2. The first-order valence-electron chi connectivity index (χ1n) is 8.61. The summed E-state index contributed by atoms with van der Waals surface area (Å²) >= 11 is 0. The van der Waals surface area contributed by atoms with Crippen LogP contribution < -0.4 is 0 Å². The molecule has 1 aromatic rings. The number of hydrogen-bond donors (Lipinski definition) is 0. The van der Waals surface area contributed by atoms with Gasteiger partial charge in [-0.05, 0) is 67.7 Å². The first-order chi connectivity index (χ1) is 10.4. The molecule has 2 nitrogen and oxygen atoms in total. The Labute approximate surface area is 142 Å². The topological polar surface area (TPSA) is 26.3 Å². The first-order valence-corrected chi connectivity index (χ1v) is 8.61. The van der Waals surface area contributed by atoms with Gasteiger partial charge in [0, 0.05) is 0 Å². The fourth-order valence-electron chi connectivity index (χ4n) is 3.14. The zero-order chi connectivity index (χ0) is 18.0. The monoisotopic (exact) mass is 318 g/mol. The number of esters is 1. The lowest BCUT2D eigenvalue weighted by atomic mass is 9.69. The van der Waals surface area contributed by atoms with Crippen molar-refractivity contribution in [2.75, 3.05) is 0 Å². The van der Waals surface area contributed by atoms with Crippen LogP contribution in [0.5, 0.6) is 0 Å². The second kappa shape index (κ2) is 7.07. The number of carbonyl (C=O) groups is 1. The fourth-order valence-corrected chi connectivity index (χ4v) is 3.14. The van der Waals surface area contributed by atoms with Crippen LogP contribution in [0.3, 0.4) is 0 Å². The van der Waals surface area contributed by atoms with Crippen molar-refractivity contribution >= 4 is 5.97 Å². The highest BCUT2D eigenvalue weighted by atomic mass is 16.5. The summed E-state index contributed by atoms with van der Waals surface area (Å²) in [7, 11) is 0. The molecule has 1 unspecified atom stereocenters. The van der Waals surface area contributed by atoms with Crippen LogP contribution in [-0.4, -0.2) is 5.97 Å². The summed E-state index contributed by atoms with van der Waals surface area (Å²) in [5.41, 5.74) is 4.51. The van der Waals surface area contributed by atoms with Gasteiger partial charge in [-0.2, -0.15) is 0 Å². The lowest BCUT2D eigenvalue weighted by Gasteiger charge is -2.36. The van der Waals surface area contributed by atoms with Gasteiger partial charge < -0.3 is 4.74 Å². The Morgan fingerprint density at radius 1 is 1.04 bits per heavy atom. The Balaban J connectivity index is 2.89. The molecule has 0 spiro atoms. The molecule has 0 aromatic heterocycles. The molecular formula is C21H34O2. The molecule has 0 bridgehead atoms. The maximum absolute atomic E-state index is 12.8. The Hall–Kier alpha value is -1.31. The second-order valence-corrected chi connectivity index (χ2v) is 8.74. The van der Waals surface area contributed by atoms with Gasteiger partial charge in [0.1, 0.15) is 6.61 Å². The molecular weight excluding hydrogens is 284 g/mol. The lowest BCUT2D eigenvalue weighted by Crippen LogP contribution is -2.38. The third-order valence-electron chi connectivity index (χ3n) is 4.99. The standard InChI is InChI=1S/C21H34O2/c1-14(2)21(9,13-20(6,7)8)19(22)23-12-18-10-15(3)17(5)16(4)11-18/h10-11,14H,12-13H2,1-9H3. The molecule has 2 heteroatoms. The molecule has 0 aliphatic rings. The molecule has 0 saturated heterocycles. The van der Waals surface area contributed by atoms with E-state index in [-0.39, 0.29) is 17.3 Å². The van der Waals surface area contributed by atoms with E-state index in [2.05, 4.69) is 67.5 Å².